The zero-order valence-corrected chi connectivity index (χ0v) is 20.2. The van der Waals surface area contributed by atoms with Crippen molar-refractivity contribution in [2.75, 3.05) is 0 Å². The lowest BCUT2D eigenvalue weighted by Gasteiger charge is -2.12. The molecule has 7 heteroatoms. The van der Waals surface area contributed by atoms with Gasteiger partial charge in [0, 0.05) is 41.9 Å². The van der Waals surface area contributed by atoms with Gasteiger partial charge >= 0.3 is 6.98 Å². The van der Waals surface area contributed by atoms with Gasteiger partial charge in [-0.1, -0.05) is 66.7 Å². The fourth-order valence-electron chi connectivity index (χ4n) is 4.99. The van der Waals surface area contributed by atoms with Gasteiger partial charge < -0.3 is 9.32 Å². The van der Waals surface area contributed by atoms with Crippen molar-refractivity contribution in [2.24, 2.45) is 9.56 Å². The van der Waals surface area contributed by atoms with Gasteiger partial charge in [0.15, 0.2) is 5.58 Å². The summed E-state index contributed by atoms with van der Waals surface area (Å²) in [7, 11) is 0.768. The summed E-state index contributed by atoms with van der Waals surface area (Å²) < 4.78 is 27.0. The zero-order chi connectivity index (χ0) is 24.2. The van der Waals surface area contributed by atoms with Crippen molar-refractivity contribution in [1.29, 1.82) is 0 Å². The molecule has 170 valence electrons. The monoisotopic (exact) mass is 485 g/mol. The van der Waals surface area contributed by atoms with E-state index >= 15 is 4.39 Å². The van der Waals surface area contributed by atoms with Crippen LogP contribution in [0.25, 0.3) is 55.1 Å². The first-order chi connectivity index (χ1) is 17.7. The molecule has 0 unspecified atom stereocenters. The minimum absolute atomic E-state index is 0.337. The molecule has 0 fully saturated rings. The molecular weight excluding hydrogens is 467 g/mol. The van der Waals surface area contributed by atoms with Gasteiger partial charge in [0.2, 0.25) is 0 Å². The summed E-state index contributed by atoms with van der Waals surface area (Å²) in [6, 6.07) is 27.7. The first-order valence-electron chi connectivity index (χ1n) is 11.7. The summed E-state index contributed by atoms with van der Waals surface area (Å²) in [5, 5.41) is 3.82. The average molecular weight is 485 g/mol. The maximum absolute atomic E-state index is 15.9. The van der Waals surface area contributed by atoms with Crippen molar-refractivity contribution in [2.45, 2.75) is 6.92 Å². The number of pyridine rings is 1. The van der Waals surface area contributed by atoms with Crippen molar-refractivity contribution in [1.82, 2.24) is 4.98 Å². The molecule has 0 amide bonds. The summed E-state index contributed by atoms with van der Waals surface area (Å²) >= 11 is 0. The molecule has 36 heavy (non-hydrogen) atoms. The van der Waals surface area contributed by atoms with E-state index in [1.165, 1.54) is 0 Å². The number of furan rings is 1. The second kappa shape index (κ2) is 8.22. The maximum Gasteiger partial charge on any atom is 0.456 e. The molecule has 0 radical (unpaired) electrons. The molecule has 0 aliphatic carbocycles. The van der Waals surface area contributed by atoms with Crippen molar-refractivity contribution in [3.8, 4) is 22.4 Å². The van der Waals surface area contributed by atoms with Crippen molar-refractivity contribution in [3.63, 3.8) is 0 Å². The van der Waals surface area contributed by atoms with Crippen LogP contribution < -0.4 is 5.46 Å². The Hall–Kier alpha value is -4.15. The Balaban J connectivity index is 1.55. The Morgan fingerprint density at radius 3 is 2.42 bits per heavy atom. The number of benzene rings is 4. The molecule has 0 bridgehead atoms. The van der Waals surface area contributed by atoms with Gasteiger partial charge in [-0.3, -0.25) is 9.64 Å². The minimum atomic E-state index is -0.599. The van der Waals surface area contributed by atoms with Crippen LogP contribution in [0.5, 0.6) is 0 Å². The molecule has 7 rings (SSSR count). The number of fused-ring (bicyclic) bond motifs is 4. The van der Waals surface area contributed by atoms with Crippen LogP contribution >= 0.6 is 8.37 Å². The van der Waals surface area contributed by atoms with E-state index < -0.39 is 6.98 Å². The van der Waals surface area contributed by atoms with Gasteiger partial charge in [0.05, 0.1) is 5.45 Å². The minimum Gasteiger partial charge on any atom is -0.453 e. The predicted octanol–water partition coefficient (Wildman–Crippen LogP) is 7.86. The summed E-state index contributed by atoms with van der Waals surface area (Å²) in [4.78, 5) is 9.29. The average Bonchev–Trinajstić information content (AvgIpc) is 3.51. The van der Waals surface area contributed by atoms with Gasteiger partial charge in [-0.25, -0.2) is 4.39 Å². The molecule has 0 spiro atoms. The van der Waals surface area contributed by atoms with Gasteiger partial charge in [0.25, 0.3) is 0 Å². The summed E-state index contributed by atoms with van der Waals surface area (Å²) in [6.07, 6.45) is 1.76. The quantitative estimate of drug-likeness (QED) is 0.189. The molecular formula is C29H18BFN3OP. The van der Waals surface area contributed by atoms with E-state index in [0.29, 0.717) is 27.6 Å². The first kappa shape index (κ1) is 21.2. The van der Waals surface area contributed by atoms with E-state index in [4.69, 9.17) is 4.42 Å². The van der Waals surface area contributed by atoms with Crippen LogP contribution in [0, 0.1) is 5.82 Å². The molecule has 6 aromatic rings. The number of rotatable bonds is 3. The second-order valence-electron chi connectivity index (χ2n) is 8.86. The van der Waals surface area contributed by atoms with E-state index in [1.807, 2.05) is 55.5 Å². The summed E-state index contributed by atoms with van der Waals surface area (Å²) in [5.74, 6) is -0.337. The van der Waals surface area contributed by atoms with E-state index in [-0.39, 0.29) is 5.82 Å². The van der Waals surface area contributed by atoms with Crippen LogP contribution in [0.2, 0.25) is 0 Å². The summed E-state index contributed by atoms with van der Waals surface area (Å²) in [6.45, 7) is 1.31. The number of aromatic nitrogens is 1. The molecule has 0 saturated carbocycles. The lowest BCUT2D eigenvalue weighted by atomic mass is 9.66. The third-order valence-electron chi connectivity index (χ3n) is 6.63. The molecule has 1 aliphatic heterocycles. The zero-order valence-electron chi connectivity index (χ0n) is 19.3. The Kier molecular flexibility index (Phi) is 4.83. The van der Waals surface area contributed by atoms with Crippen molar-refractivity contribution < 1.29 is 8.81 Å². The standard InChI is InChI=1S/C29H18BFN3OP/c1-17-33-30(34-36-17)26-24(31)16-23-22-13-14-32-27(21-12-11-18-7-5-6-10-20(18)15-21)29(22)35-28(23)25(26)19-8-3-2-4-9-19/h2-16H,1H3. The van der Waals surface area contributed by atoms with Crippen LogP contribution in [0.4, 0.5) is 4.39 Å². The summed E-state index contributed by atoms with van der Waals surface area (Å²) in [5.41, 5.74) is 5.80. The lowest BCUT2D eigenvalue weighted by Crippen LogP contribution is -2.30. The molecule has 4 nitrogen and oxygen atoms in total. The lowest BCUT2D eigenvalue weighted by molar-refractivity contribution is 0.634. The predicted molar refractivity (Wildman–Crippen MR) is 148 cm³/mol. The molecule has 0 saturated heterocycles. The van der Waals surface area contributed by atoms with Crippen molar-refractivity contribution >= 4 is 59.0 Å². The second-order valence-corrected chi connectivity index (χ2v) is 9.93. The number of nitrogens with zero attached hydrogens (tertiary/aromatic N) is 3. The van der Waals surface area contributed by atoms with Crippen molar-refractivity contribution in [3.05, 3.63) is 96.9 Å². The third-order valence-corrected chi connectivity index (χ3v) is 7.37. The van der Waals surface area contributed by atoms with Crippen LogP contribution in [-0.4, -0.2) is 17.4 Å². The van der Waals surface area contributed by atoms with Crippen LogP contribution in [-0.2, 0) is 0 Å². The highest BCUT2D eigenvalue weighted by Crippen LogP contribution is 2.40. The number of halogens is 1. The van der Waals surface area contributed by atoms with Gasteiger partial charge in [0.1, 0.15) is 17.1 Å². The smallest absolute Gasteiger partial charge is 0.453 e. The first-order valence-corrected chi connectivity index (χ1v) is 12.6. The van der Waals surface area contributed by atoms with Crippen LogP contribution in [0.15, 0.2) is 105 Å². The molecule has 4 aromatic carbocycles. The third kappa shape index (κ3) is 3.30. The Labute approximate surface area is 208 Å². The van der Waals surface area contributed by atoms with Crippen LogP contribution in [0.1, 0.15) is 6.92 Å². The highest BCUT2D eigenvalue weighted by molar-refractivity contribution is 7.51. The van der Waals surface area contributed by atoms with E-state index in [0.717, 1.165) is 46.8 Å². The number of hydrogen-bond donors (Lipinski definition) is 0. The largest absolute Gasteiger partial charge is 0.456 e. The molecule has 0 atom stereocenters. The van der Waals surface area contributed by atoms with Crippen LogP contribution in [0.3, 0.4) is 0 Å². The Morgan fingerprint density at radius 2 is 1.61 bits per heavy atom. The fourth-order valence-corrected chi connectivity index (χ4v) is 5.60. The number of hydrogen-bond acceptors (Lipinski definition) is 4. The van der Waals surface area contributed by atoms with Gasteiger partial charge in [-0.05, 0) is 41.5 Å². The Morgan fingerprint density at radius 1 is 0.806 bits per heavy atom. The normalized spacial score (nSPS) is 13.7. The fraction of sp³-hybridized carbons (Fsp3) is 0.0345. The van der Waals surface area contributed by atoms with E-state index in [9.17, 15) is 0 Å². The molecule has 0 N–H and O–H groups in total. The topological polar surface area (TPSA) is 50.8 Å². The van der Waals surface area contributed by atoms with Gasteiger partial charge in [-0.15, -0.1) is 0 Å². The molecule has 1 aliphatic rings. The van der Waals surface area contributed by atoms with E-state index in [2.05, 4.69) is 44.9 Å². The van der Waals surface area contributed by atoms with Gasteiger partial charge in [-0.2, -0.15) is 0 Å². The van der Waals surface area contributed by atoms with E-state index in [1.54, 1.807) is 12.3 Å². The SMILES string of the molecule is CC1=NB(c2c(F)cc3c(oc4c(-c5ccc6ccccc6c5)nccc43)c2-c2ccccc2)N=P1. The molecule has 3 heterocycles. The maximum atomic E-state index is 15.9. The highest BCUT2D eigenvalue weighted by Gasteiger charge is 2.31. The highest BCUT2D eigenvalue weighted by atomic mass is 31.1. The Bertz CT molecular complexity index is 1880. The molecule has 2 aromatic heterocycles.